The minimum absolute atomic E-state index is 0.0143. The number of imidazole rings is 2. The summed E-state index contributed by atoms with van der Waals surface area (Å²) in [4.78, 5) is 135. The summed E-state index contributed by atoms with van der Waals surface area (Å²) >= 11 is 0. The molecule has 2 heterocycles. The van der Waals surface area contributed by atoms with Gasteiger partial charge in [-0.1, -0.05) is 21.6 Å². The lowest BCUT2D eigenvalue weighted by molar-refractivity contribution is -0.143. The number of aromatic amines is 2. The zero-order chi connectivity index (χ0) is 44.8. The van der Waals surface area contributed by atoms with Crippen LogP contribution in [0.3, 0.4) is 0 Å². The number of nitrogens with one attached hydrogen (secondary N) is 8. The van der Waals surface area contributed by atoms with Crippen LogP contribution in [0, 0.1) is 0 Å². The molecule has 0 aliphatic rings. The summed E-state index contributed by atoms with van der Waals surface area (Å²) in [6, 6.07) is -8.24. The topological polar surface area (TPSA) is 433 Å². The second kappa shape index (κ2) is 26.0. The van der Waals surface area contributed by atoms with Crippen molar-refractivity contribution in [2.75, 3.05) is 24.6 Å². The van der Waals surface area contributed by atoms with Gasteiger partial charge in [-0.15, -0.1) is 0 Å². The van der Waals surface area contributed by atoms with Gasteiger partial charge in [-0.3, -0.25) is 38.4 Å². The highest BCUT2D eigenvalue weighted by molar-refractivity contribution is 8.76. The normalized spacial score (nSPS) is 13.8. The molecule has 0 aliphatic heterocycles. The van der Waals surface area contributed by atoms with Crippen LogP contribution in [0.2, 0.25) is 0 Å². The van der Waals surface area contributed by atoms with Crippen LogP contribution in [0.5, 0.6) is 0 Å². The van der Waals surface area contributed by atoms with Gasteiger partial charge in [0.1, 0.15) is 37.3 Å². The van der Waals surface area contributed by atoms with Crippen molar-refractivity contribution in [3.05, 3.63) is 36.4 Å². The van der Waals surface area contributed by atoms with E-state index in [0.717, 1.165) is 21.6 Å². The van der Waals surface area contributed by atoms with Crippen molar-refractivity contribution >= 4 is 80.9 Å². The first kappa shape index (κ1) is 49.9. The molecule has 2 aromatic heterocycles. The van der Waals surface area contributed by atoms with Crippen LogP contribution in [-0.4, -0.2) is 161 Å². The van der Waals surface area contributed by atoms with Crippen molar-refractivity contribution in [1.82, 2.24) is 51.8 Å². The minimum atomic E-state index is -1.55. The van der Waals surface area contributed by atoms with Crippen LogP contribution in [0.15, 0.2) is 25.0 Å². The van der Waals surface area contributed by atoms with Gasteiger partial charge < -0.3 is 73.8 Å². The monoisotopic (exact) mass is 886 g/mol. The largest absolute Gasteiger partial charge is 0.480 e. The molecule has 6 unspecified atom stereocenters. The molecular weight excluding hydrogens is 841 g/mol. The second-order valence-electron chi connectivity index (χ2n) is 12.7. The van der Waals surface area contributed by atoms with Crippen molar-refractivity contribution < 1.29 is 68.4 Å². The summed E-state index contributed by atoms with van der Waals surface area (Å²) in [5, 5.41) is 50.6. The van der Waals surface area contributed by atoms with E-state index in [1.165, 1.54) is 25.0 Å². The molecule has 6 amide bonds. The number of nitrogens with zero attached hydrogens (tertiary/aromatic N) is 2. The average Bonchev–Trinajstić information content (AvgIpc) is 3.91. The molecule has 2 rings (SSSR count). The molecule has 28 heteroatoms. The van der Waals surface area contributed by atoms with Gasteiger partial charge in [0.15, 0.2) is 0 Å². The number of hydrogen-bond acceptors (Lipinski definition) is 16. The van der Waals surface area contributed by atoms with E-state index in [2.05, 4.69) is 51.8 Å². The molecule has 26 nitrogen and oxygen atoms in total. The van der Waals surface area contributed by atoms with Gasteiger partial charge in [0.05, 0.1) is 24.7 Å². The number of aromatic nitrogens is 4. The van der Waals surface area contributed by atoms with Crippen molar-refractivity contribution in [1.29, 1.82) is 0 Å². The lowest BCUT2D eigenvalue weighted by atomic mass is 10.1. The maximum absolute atomic E-state index is 12.9. The quantitative estimate of drug-likeness (QED) is 0.0269. The lowest BCUT2D eigenvalue weighted by Gasteiger charge is -2.21. The standard InChI is InChI=1S/C32H46N12O14S2/c33-17(5-15-7-35-13-39-15)27(51)43-19(31(55)56)1-3-23(45)41-21(29(53)37-9-25(47)48)11-59-60-12-22(30(54)38-10-26(49)50)42-24(46)4-2-20(32(57)58)44-28(52)18(34)6-16-8-36-14-40-16/h7-8,13-14,17-22H,1-6,9-12,33-34H2,(H,35,39)(H,36,40)(H,37,53)(H,38,54)(H,41,45)(H,42,46)(H,43,51)(H,44,52)(H,47,48)(H,49,50)(H,55,56)(H,57,58). The predicted molar refractivity (Wildman–Crippen MR) is 208 cm³/mol. The number of nitrogens with two attached hydrogens (primary N) is 2. The van der Waals surface area contributed by atoms with Crippen molar-refractivity contribution in [3.63, 3.8) is 0 Å². The van der Waals surface area contributed by atoms with Gasteiger partial charge in [-0.25, -0.2) is 19.6 Å². The SMILES string of the molecule is NC(Cc1cnc[nH]1)C(=O)NC(CCC(=O)NC(CSSCC(NC(=O)CCC(NC(=O)C(N)Cc1cnc[nH]1)C(=O)O)C(=O)NCC(=O)O)C(=O)NCC(=O)O)C(=O)O. The molecule has 0 saturated heterocycles. The third-order valence-electron chi connectivity index (χ3n) is 7.90. The fourth-order valence-electron chi connectivity index (χ4n) is 4.78. The Balaban J connectivity index is 2.01. The maximum Gasteiger partial charge on any atom is 0.326 e. The summed E-state index contributed by atoms with van der Waals surface area (Å²) < 4.78 is 0. The first-order valence-corrected chi connectivity index (χ1v) is 20.2. The predicted octanol–water partition coefficient (Wildman–Crippen LogP) is -4.98. The van der Waals surface area contributed by atoms with E-state index in [0.29, 0.717) is 11.4 Å². The summed E-state index contributed by atoms with van der Waals surface area (Å²) in [5.41, 5.74) is 12.7. The highest BCUT2D eigenvalue weighted by Gasteiger charge is 2.29. The number of aliphatic carboxylic acids is 4. The van der Waals surface area contributed by atoms with Crippen LogP contribution in [0.4, 0.5) is 0 Å². The second-order valence-corrected chi connectivity index (χ2v) is 15.2. The Morgan fingerprint density at radius 1 is 0.567 bits per heavy atom. The molecule has 330 valence electrons. The molecule has 0 bridgehead atoms. The smallest absolute Gasteiger partial charge is 0.326 e. The number of amides is 6. The number of hydrogen-bond donors (Lipinski definition) is 14. The van der Waals surface area contributed by atoms with Crippen LogP contribution in [0.1, 0.15) is 37.1 Å². The molecule has 0 aliphatic carbocycles. The first-order chi connectivity index (χ1) is 28.4. The molecule has 16 N–H and O–H groups in total. The summed E-state index contributed by atoms with van der Waals surface area (Å²) in [5.74, 6) is -11.5. The number of carbonyl (C=O) groups excluding carboxylic acids is 6. The van der Waals surface area contributed by atoms with Gasteiger partial charge in [-0.2, -0.15) is 0 Å². The lowest BCUT2D eigenvalue weighted by Crippen LogP contribution is -2.51. The molecule has 0 radical (unpaired) electrons. The van der Waals surface area contributed by atoms with Gasteiger partial charge in [-0.05, 0) is 12.8 Å². The number of carboxylic acids is 4. The zero-order valence-corrected chi connectivity index (χ0v) is 33.2. The number of H-pyrrole nitrogens is 2. The Morgan fingerprint density at radius 2 is 0.933 bits per heavy atom. The van der Waals surface area contributed by atoms with E-state index in [1.807, 2.05) is 0 Å². The first-order valence-electron chi connectivity index (χ1n) is 17.7. The van der Waals surface area contributed by atoms with E-state index in [9.17, 15) is 58.2 Å². The number of carboxylic acid groups (broad SMARTS) is 4. The van der Waals surface area contributed by atoms with E-state index in [4.69, 9.17) is 21.7 Å². The molecule has 0 saturated carbocycles. The van der Waals surface area contributed by atoms with Crippen molar-refractivity contribution in [2.24, 2.45) is 11.5 Å². The van der Waals surface area contributed by atoms with Crippen LogP contribution >= 0.6 is 21.6 Å². The molecule has 0 aromatic carbocycles. The Labute approximate surface area is 347 Å². The van der Waals surface area contributed by atoms with Crippen LogP contribution < -0.4 is 43.4 Å². The van der Waals surface area contributed by atoms with Gasteiger partial charge >= 0.3 is 23.9 Å². The van der Waals surface area contributed by atoms with E-state index < -0.39 is 134 Å². The molecule has 60 heavy (non-hydrogen) atoms. The van der Waals surface area contributed by atoms with E-state index >= 15 is 0 Å². The fourth-order valence-corrected chi connectivity index (χ4v) is 7.11. The van der Waals surface area contributed by atoms with Gasteiger partial charge in [0.2, 0.25) is 35.4 Å². The van der Waals surface area contributed by atoms with Crippen molar-refractivity contribution in [3.8, 4) is 0 Å². The molecule has 0 spiro atoms. The Bertz CT molecular complexity index is 1670. The van der Waals surface area contributed by atoms with Crippen molar-refractivity contribution in [2.45, 2.75) is 74.8 Å². The summed E-state index contributed by atoms with van der Waals surface area (Å²) in [6.45, 7) is -1.64. The van der Waals surface area contributed by atoms with Gasteiger partial charge in [0, 0.05) is 61.0 Å². The number of carbonyl (C=O) groups is 10. The maximum atomic E-state index is 12.9. The Kier molecular flexibility index (Phi) is 21.6. The number of rotatable bonds is 29. The van der Waals surface area contributed by atoms with E-state index in [-0.39, 0.29) is 24.3 Å². The Morgan fingerprint density at radius 3 is 1.23 bits per heavy atom. The molecule has 6 atom stereocenters. The van der Waals surface area contributed by atoms with E-state index in [1.54, 1.807) is 0 Å². The van der Waals surface area contributed by atoms with Crippen LogP contribution in [0.25, 0.3) is 0 Å². The molecule has 2 aromatic rings. The Hall–Kier alpha value is -6.26. The fraction of sp³-hybridized carbons (Fsp3) is 0.500. The summed E-state index contributed by atoms with van der Waals surface area (Å²) in [7, 11) is 1.74. The van der Waals surface area contributed by atoms with Gasteiger partial charge in [0.25, 0.3) is 0 Å². The molecule has 0 fully saturated rings. The third-order valence-corrected chi connectivity index (χ3v) is 10.3. The molecular formula is C32H46N12O14S2. The highest BCUT2D eigenvalue weighted by Crippen LogP contribution is 2.23. The average molecular weight is 887 g/mol. The highest BCUT2D eigenvalue weighted by atomic mass is 33.1. The third kappa shape index (κ3) is 19.5. The zero-order valence-electron chi connectivity index (χ0n) is 31.6. The minimum Gasteiger partial charge on any atom is -0.480 e. The summed E-state index contributed by atoms with van der Waals surface area (Å²) in [6.07, 6.45) is 3.72. The van der Waals surface area contributed by atoms with Crippen LogP contribution in [-0.2, 0) is 60.8 Å².